The van der Waals surface area contributed by atoms with E-state index in [9.17, 15) is 19.5 Å². The normalized spacial score (nSPS) is 27.9. The first-order valence-corrected chi connectivity index (χ1v) is 28.3. The molecule has 2 aliphatic heterocycles. The summed E-state index contributed by atoms with van der Waals surface area (Å²) in [6, 6.07) is 3.65. The van der Waals surface area contributed by atoms with Crippen LogP contribution in [0.5, 0.6) is 5.88 Å². The highest BCUT2D eigenvalue weighted by molar-refractivity contribution is 8.07. The van der Waals surface area contributed by atoms with Gasteiger partial charge < -0.3 is 50.0 Å². The van der Waals surface area contributed by atoms with Gasteiger partial charge in [-0.05, 0) is 40.4 Å². The zero-order valence-corrected chi connectivity index (χ0v) is 40.5. The van der Waals surface area contributed by atoms with Crippen LogP contribution in [0.2, 0.25) is 22.2 Å². The standard InChI is InChI=1S/C37H57FN6O12P2SSi2/c1-22(2)60(23(3)4)50-19-30-33(55-61(56-60,24(5)6)25(7)8)34(37(52-30)44-17-28(38)32-35(44)42-21-43(9)36(32)45)54-58(59,48-14-10-12-39)49-18-26-15-27(16-29(26)53-57(46)47)51-31-11-13-40-20-41-31/h11,13,17,20-27,29-30,33-34,37,57H,10,14-16,18-19H2,1-9H3,(H,46,47)/t26-,27-,29+,30-,33-,34-,37-,58?/m1/s1. The van der Waals surface area contributed by atoms with Gasteiger partial charge in [-0.3, -0.25) is 13.9 Å². The first-order chi connectivity index (χ1) is 28.8. The molecular formula is C37H57FN6O12P2SSi2. The summed E-state index contributed by atoms with van der Waals surface area (Å²) in [4.78, 5) is 35.5. The van der Waals surface area contributed by atoms with Crippen LogP contribution in [-0.2, 0) is 59.2 Å². The molecule has 24 heteroatoms. The molecular weight excluding hydrogens is 890 g/mol. The number of hydrogen-bond donors (Lipinski definition) is 1. The summed E-state index contributed by atoms with van der Waals surface area (Å²) in [5, 5.41) is 9.25. The van der Waals surface area contributed by atoms with E-state index in [-0.39, 0.29) is 65.9 Å². The van der Waals surface area contributed by atoms with Crippen molar-refractivity contribution in [2.24, 2.45) is 13.0 Å². The Bertz CT molecular complexity index is 2150. The molecule has 0 spiro atoms. The third kappa shape index (κ3) is 10.2. The minimum atomic E-state index is -3.94. The van der Waals surface area contributed by atoms with Crippen molar-refractivity contribution in [2.75, 3.05) is 19.8 Å². The van der Waals surface area contributed by atoms with Crippen LogP contribution in [0, 0.1) is 23.1 Å². The Morgan fingerprint density at radius 2 is 1.80 bits per heavy atom. The first-order valence-electron chi connectivity index (χ1n) is 20.5. The molecule has 9 atom stereocenters. The Morgan fingerprint density at radius 1 is 1.10 bits per heavy atom. The maximum Gasteiger partial charge on any atom is 0.335 e. The van der Waals surface area contributed by atoms with Gasteiger partial charge in [-0.25, -0.2) is 19.3 Å². The molecule has 2 unspecified atom stereocenters. The second-order valence-corrected chi connectivity index (χ2v) is 29.4. The van der Waals surface area contributed by atoms with Gasteiger partial charge in [0, 0.05) is 37.8 Å². The van der Waals surface area contributed by atoms with Crippen molar-refractivity contribution in [3.63, 3.8) is 0 Å². The predicted octanol–water partition coefficient (Wildman–Crippen LogP) is 6.70. The Morgan fingerprint density at radius 3 is 2.43 bits per heavy atom. The summed E-state index contributed by atoms with van der Waals surface area (Å²) in [5.41, 5.74) is -0.687. The molecule has 3 aromatic heterocycles. The lowest BCUT2D eigenvalue weighted by Gasteiger charge is -2.51. The molecule has 338 valence electrons. The van der Waals surface area contributed by atoms with Crippen molar-refractivity contribution in [2.45, 2.75) is 134 Å². The summed E-state index contributed by atoms with van der Waals surface area (Å²) >= 11 is 6.14. The molecule has 0 radical (unpaired) electrons. The fourth-order valence-corrected chi connectivity index (χ4v) is 22.4. The molecule has 1 saturated carbocycles. The maximum absolute atomic E-state index is 15.9. The summed E-state index contributed by atoms with van der Waals surface area (Å²) < 4.78 is 90.2. The Kier molecular flexibility index (Phi) is 15.6. The van der Waals surface area contributed by atoms with E-state index in [0.717, 1.165) is 6.20 Å². The molecule has 3 fully saturated rings. The van der Waals surface area contributed by atoms with E-state index in [1.165, 1.54) is 35.0 Å². The van der Waals surface area contributed by atoms with Crippen LogP contribution in [-0.4, -0.2) is 96.4 Å². The zero-order valence-electron chi connectivity index (χ0n) is 35.8. The van der Waals surface area contributed by atoms with Crippen LogP contribution in [0.1, 0.15) is 80.9 Å². The van der Waals surface area contributed by atoms with Crippen molar-refractivity contribution < 1.29 is 54.4 Å². The molecule has 3 aromatic rings. The van der Waals surface area contributed by atoms with Crippen molar-refractivity contribution in [1.29, 1.82) is 5.26 Å². The number of fused-ring (bicyclic) bond motifs is 2. The second kappa shape index (κ2) is 19.8. The summed E-state index contributed by atoms with van der Waals surface area (Å²) in [6.07, 6.45) is 0.475. The van der Waals surface area contributed by atoms with Gasteiger partial charge in [0.05, 0.1) is 44.7 Å². The van der Waals surface area contributed by atoms with Crippen molar-refractivity contribution in [3.05, 3.63) is 47.3 Å². The topological polar surface area (TPSA) is 210 Å². The smallest absolute Gasteiger partial charge is 0.335 e. The average Bonchev–Trinajstić information content (AvgIpc) is 3.83. The molecule has 61 heavy (non-hydrogen) atoms. The minimum Gasteiger partial charge on any atom is -0.474 e. The van der Waals surface area contributed by atoms with Crippen LogP contribution in [0.25, 0.3) is 11.0 Å². The number of aromatic nitrogens is 5. The molecule has 2 saturated heterocycles. The van der Waals surface area contributed by atoms with Gasteiger partial charge in [0.2, 0.25) is 5.88 Å². The van der Waals surface area contributed by atoms with Gasteiger partial charge in [0.25, 0.3) is 5.56 Å². The van der Waals surface area contributed by atoms with E-state index < -0.39 is 86.1 Å². The Balaban J connectivity index is 1.42. The molecule has 1 aliphatic carbocycles. The van der Waals surface area contributed by atoms with Crippen molar-refractivity contribution in [3.8, 4) is 11.9 Å². The van der Waals surface area contributed by atoms with E-state index in [2.05, 4.69) is 70.3 Å². The molecule has 3 aliphatic rings. The molecule has 5 heterocycles. The van der Waals surface area contributed by atoms with E-state index >= 15 is 4.39 Å². The molecule has 0 aromatic carbocycles. The van der Waals surface area contributed by atoms with E-state index in [1.54, 1.807) is 6.07 Å². The quantitative estimate of drug-likeness (QED) is 0.0848. The Labute approximate surface area is 363 Å². The van der Waals surface area contributed by atoms with E-state index in [4.69, 9.17) is 52.3 Å². The van der Waals surface area contributed by atoms with Crippen LogP contribution < -0.4 is 10.3 Å². The van der Waals surface area contributed by atoms with Crippen molar-refractivity contribution >= 4 is 54.9 Å². The monoisotopic (exact) mass is 946 g/mol. The predicted molar refractivity (Wildman–Crippen MR) is 229 cm³/mol. The highest BCUT2D eigenvalue weighted by Crippen LogP contribution is 2.57. The number of rotatable bonds is 17. The fraction of sp³-hybridized carbons (Fsp3) is 0.703. The summed E-state index contributed by atoms with van der Waals surface area (Å²) in [6.45, 7) is 12.5. The van der Waals surface area contributed by atoms with Gasteiger partial charge in [-0.15, -0.1) is 0 Å². The van der Waals surface area contributed by atoms with Crippen LogP contribution in [0.15, 0.2) is 35.9 Å². The highest BCUT2D eigenvalue weighted by atomic mass is 32.5. The lowest BCUT2D eigenvalue weighted by Crippen LogP contribution is -2.65. The van der Waals surface area contributed by atoms with Crippen LogP contribution >= 0.6 is 15.0 Å². The van der Waals surface area contributed by atoms with E-state index in [1.807, 2.05) is 6.07 Å². The SMILES string of the molecule is CC(C)[Si]1(C(C)C)OC[C@H]2O[C@@H](n3cc(F)c4c(=O)n(C)cnc43)[C@H](OP(=S)(OCCC#N)OC[C@H]3C[C@@H](Oc4ccncn4)C[C@@H]3O[PH](=O)O)[C@@H]2O[Si](C(C)C)(C(C)C)O1. The number of hydrogen-bond acceptors (Lipinski definition) is 16. The van der Waals surface area contributed by atoms with Gasteiger partial charge in [0.15, 0.2) is 17.7 Å². The lowest BCUT2D eigenvalue weighted by molar-refractivity contribution is -0.0568. The van der Waals surface area contributed by atoms with Gasteiger partial charge in [0.1, 0.15) is 36.1 Å². The minimum absolute atomic E-state index is 0.00877. The molecule has 0 bridgehead atoms. The number of nitriles is 1. The number of ether oxygens (including phenoxy) is 2. The fourth-order valence-electron chi connectivity index (χ4n) is 8.57. The van der Waals surface area contributed by atoms with Gasteiger partial charge >= 0.3 is 32.1 Å². The number of halogens is 1. The third-order valence-corrected chi connectivity index (χ3v) is 24.7. The largest absolute Gasteiger partial charge is 0.474 e. The summed E-state index contributed by atoms with van der Waals surface area (Å²) in [5.74, 6) is -1.01. The van der Waals surface area contributed by atoms with Crippen LogP contribution in [0.4, 0.5) is 4.39 Å². The summed E-state index contributed by atoms with van der Waals surface area (Å²) in [7, 11) is -8.25. The van der Waals surface area contributed by atoms with Crippen LogP contribution in [0.3, 0.4) is 0 Å². The number of aryl methyl sites for hydroxylation is 1. The molecule has 6 rings (SSSR count). The number of nitrogens with zero attached hydrogens (tertiary/aromatic N) is 6. The molecule has 0 amide bonds. The molecule has 1 N–H and O–H groups in total. The molecule has 18 nitrogen and oxygen atoms in total. The zero-order chi connectivity index (χ0) is 44.4. The highest BCUT2D eigenvalue weighted by Gasteiger charge is 2.63. The average molecular weight is 947 g/mol. The lowest BCUT2D eigenvalue weighted by atomic mass is 10.1. The Hall–Kier alpha value is -2.33. The van der Waals surface area contributed by atoms with E-state index in [0.29, 0.717) is 12.3 Å². The maximum atomic E-state index is 15.9. The second-order valence-electron chi connectivity index (χ2n) is 16.9. The van der Waals surface area contributed by atoms with Crippen molar-refractivity contribution in [1.82, 2.24) is 24.1 Å². The first kappa shape index (κ1) is 48.1. The third-order valence-electron chi connectivity index (χ3n) is 11.6. The van der Waals surface area contributed by atoms with Gasteiger partial charge in [-0.1, -0.05) is 55.4 Å². The van der Waals surface area contributed by atoms with Gasteiger partial charge in [-0.2, -0.15) is 5.26 Å².